The van der Waals surface area contributed by atoms with Gasteiger partial charge in [0.25, 0.3) is 0 Å². The fourth-order valence-electron chi connectivity index (χ4n) is 2.17. The Bertz CT molecular complexity index is 415. The van der Waals surface area contributed by atoms with Crippen LogP contribution in [-0.2, 0) is 13.5 Å². The van der Waals surface area contributed by atoms with Gasteiger partial charge in [0.1, 0.15) is 11.4 Å². The molecule has 0 aromatic carbocycles. The first-order valence-electron chi connectivity index (χ1n) is 5.78. The van der Waals surface area contributed by atoms with Gasteiger partial charge in [0.05, 0.1) is 4.92 Å². The van der Waals surface area contributed by atoms with Crippen LogP contribution in [0.3, 0.4) is 0 Å². The van der Waals surface area contributed by atoms with Gasteiger partial charge < -0.3 is 0 Å². The van der Waals surface area contributed by atoms with E-state index in [0.29, 0.717) is 12.1 Å². The van der Waals surface area contributed by atoms with Crippen molar-refractivity contribution in [2.45, 2.75) is 44.4 Å². The lowest BCUT2D eigenvalue weighted by molar-refractivity contribution is -0.386. The number of hydrogen-bond donors (Lipinski definition) is 0. The molecular weight excluding hydrogens is 286 g/mol. The third-order valence-electron chi connectivity index (χ3n) is 3.00. The van der Waals surface area contributed by atoms with Crippen LogP contribution in [0.2, 0.25) is 0 Å². The summed E-state index contributed by atoms with van der Waals surface area (Å²) in [4.78, 5) is 11.1. The lowest BCUT2D eigenvalue weighted by atomic mass is 9.97. The maximum absolute atomic E-state index is 11.2. The minimum atomic E-state index is -0.306. The molecule has 0 N–H and O–H groups in total. The molecular formula is C11H18BrN3O2. The first kappa shape index (κ1) is 14.2. The van der Waals surface area contributed by atoms with E-state index in [1.165, 1.54) is 0 Å². The van der Waals surface area contributed by atoms with Crippen molar-refractivity contribution < 1.29 is 4.92 Å². The van der Waals surface area contributed by atoms with Crippen LogP contribution in [0.1, 0.15) is 44.5 Å². The van der Waals surface area contributed by atoms with Gasteiger partial charge in [-0.05, 0) is 12.8 Å². The molecule has 17 heavy (non-hydrogen) atoms. The molecule has 5 nitrogen and oxygen atoms in total. The van der Waals surface area contributed by atoms with Gasteiger partial charge >= 0.3 is 5.69 Å². The van der Waals surface area contributed by atoms with Crippen LogP contribution < -0.4 is 0 Å². The van der Waals surface area contributed by atoms with Crippen LogP contribution in [0.5, 0.6) is 0 Å². The summed E-state index contributed by atoms with van der Waals surface area (Å²) >= 11 is 3.52. The van der Waals surface area contributed by atoms with E-state index in [2.05, 4.69) is 21.0 Å². The molecule has 0 spiro atoms. The fraction of sp³-hybridized carbons (Fsp3) is 0.727. The predicted octanol–water partition coefficient (Wildman–Crippen LogP) is 3.17. The SMILES string of the molecule is CCc1nn(C)c(C(CC)C(C)Br)c1[N+](=O)[O-]. The molecule has 1 aromatic rings. The van der Waals surface area contributed by atoms with Gasteiger partial charge in [-0.1, -0.05) is 36.7 Å². The summed E-state index contributed by atoms with van der Waals surface area (Å²) in [6, 6.07) is 0. The van der Waals surface area contributed by atoms with Gasteiger partial charge in [-0.2, -0.15) is 5.10 Å². The van der Waals surface area contributed by atoms with Crippen LogP contribution in [-0.4, -0.2) is 19.5 Å². The average molecular weight is 304 g/mol. The van der Waals surface area contributed by atoms with Crippen molar-refractivity contribution in [3.05, 3.63) is 21.5 Å². The van der Waals surface area contributed by atoms with Crippen LogP contribution in [0, 0.1) is 10.1 Å². The molecule has 96 valence electrons. The second kappa shape index (κ2) is 5.62. The number of hydrogen-bond acceptors (Lipinski definition) is 3. The summed E-state index contributed by atoms with van der Waals surface area (Å²) in [7, 11) is 1.78. The van der Waals surface area contributed by atoms with E-state index in [1.807, 2.05) is 20.8 Å². The summed E-state index contributed by atoms with van der Waals surface area (Å²) in [5, 5.41) is 15.5. The molecule has 0 radical (unpaired) electrons. The highest BCUT2D eigenvalue weighted by atomic mass is 79.9. The molecule has 0 saturated carbocycles. The van der Waals surface area contributed by atoms with Gasteiger partial charge in [0.2, 0.25) is 0 Å². The van der Waals surface area contributed by atoms with Crippen molar-refractivity contribution >= 4 is 21.6 Å². The summed E-state index contributed by atoms with van der Waals surface area (Å²) in [6.45, 7) is 5.93. The van der Waals surface area contributed by atoms with Crippen LogP contribution in [0.15, 0.2) is 0 Å². The zero-order valence-corrected chi connectivity index (χ0v) is 12.2. The number of nitrogens with zero attached hydrogens (tertiary/aromatic N) is 3. The topological polar surface area (TPSA) is 61.0 Å². The van der Waals surface area contributed by atoms with Crippen molar-refractivity contribution in [2.75, 3.05) is 0 Å². The first-order chi connectivity index (χ1) is 7.93. The Morgan fingerprint density at radius 1 is 1.53 bits per heavy atom. The van der Waals surface area contributed by atoms with E-state index >= 15 is 0 Å². The highest BCUT2D eigenvalue weighted by Crippen LogP contribution is 2.36. The lowest BCUT2D eigenvalue weighted by Crippen LogP contribution is -2.14. The van der Waals surface area contributed by atoms with Crippen molar-refractivity contribution in [2.24, 2.45) is 7.05 Å². The minimum absolute atomic E-state index is 0.105. The Morgan fingerprint density at radius 3 is 2.47 bits per heavy atom. The van der Waals surface area contributed by atoms with Crippen molar-refractivity contribution in [3.63, 3.8) is 0 Å². The quantitative estimate of drug-likeness (QED) is 0.477. The molecule has 1 aromatic heterocycles. The maximum Gasteiger partial charge on any atom is 0.313 e. The van der Waals surface area contributed by atoms with Gasteiger partial charge in [-0.25, -0.2) is 0 Å². The molecule has 0 fully saturated rings. The van der Waals surface area contributed by atoms with E-state index in [1.54, 1.807) is 11.7 Å². The Balaban J connectivity index is 3.39. The third-order valence-corrected chi connectivity index (χ3v) is 3.64. The van der Waals surface area contributed by atoms with Gasteiger partial charge in [-0.3, -0.25) is 14.8 Å². The van der Waals surface area contributed by atoms with E-state index in [4.69, 9.17) is 0 Å². The monoisotopic (exact) mass is 303 g/mol. The molecule has 1 heterocycles. The predicted molar refractivity (Wildman–Crippen MR) is 70.7 cm³/mol. The Kier molecular flexibility index (Phi) is 4.68. The largest absolute Gasteiger partial charge is 0.313 e. The second-order valence-electron chi connectivity index (χ2n) is 4.11. The average Bonchev–Trinajstić information content (AvgIpc) is 2.57. The van der Waals surface area contributed by atoms with Crippen LogP contribution >= 0.6 is 15.9 Å². The Hall–Kier alpha value is -0.910. The van der Waals surface area contributed by atoms with E-state index in [-0.39, 0.29) is 21.4 Å². The van der Waals surface area contributed by atoms with Gasteiger partial charge in [-0.15, -0.1) is 0 Å². The maximum atomic E-state index is 11.2. The molecule has 6 heteroatoms. The number of rotatable bonds is 5. The molecule has 0 saturated heterocycles. The molecule has 2 unspecified atom stereocenters. The summed E-state index contributed by atoms with van der Waals surface area (Å²) in [5.74, 6) is 0.105. The molecule has 0 bridgehead atoms. The molecule has 1 rings (SSSR count). The Labute approximate surface area is 109 Å². The van der Waals surface area contributed by atoms with Crippen LogP contribution in [0.4, 0.5) is 5.69 Å². The van der Waals surface area contributed by atoms with Crippen molar-refractivity contribution in [1.29, 1.82) is 0 Å². The molecule has 2 atom stereocenters. The Morgan fingerprint density at radius 2 is 2.12 bits per heavy atom. The van der Waals surface area contributed by atoms with E-state index in [9.17, 15) is 10.1 Å². The van der Waals surface area contributed by atoms with Crippen molar-refractivity contribution in [1.82, 2.24) is 9.78 Å². The second-order valence-corrected chi connectivity index (χ2v) is 5.55. The smallest absolute Gasteiger partial charge is 0.265 e. The summed E-state index contributed by atoms with van der Waals surface area (Å²) in [5.41, 5.74) is 1.48. The number of halogens is 1. The van der Waals surface area contributed by atoms with E-state index < -0.39 is 0 Å². The van der Waals surface area contributed by atoms with Gasteiger partial charge in [0, 0.05) is 17.8 Å². The van der Waals surface area contributed by atoms with Crippen LogP contribution in [0.25, 0.3) is 0 Å². The number of aromatic nitrogens is 2. The number of alkyl halides is 1. The molecule has 0 amide bonds. The third kappa shape index (κ3) is 2.68. The standard InChI is InChI=1S/C11H18BrN3O2/c1-5-8(7(3)12)10-11(15(16)17)9(6-2)13-14(10)4/h7-8H,5-6H2,1-4H3. The lowest BCUT2D eigenvalue weighted by Gasteiger charge is -2.17. The zero-order valence-electron chi connectivity index (χ0n) is 10.6. The highest BCUT2D eigenvalue weighted by molar-refractivity contribution is 9.09. The fourth-order valence-corrected chi connectivity index (χ4v) is 2.80. The molecule has 0 aliphatic rings. The molecule has 0 aliphatic carbocycles. The summed E-state index contributed by atoms with van der Waals surface area (Å²) < 4.78 is 1.66. The highest BCUT2D eigenvalue weighted by Gasteiger charge is 2.32. The normalized spacial score (nSPS) is 14.6. The first-order valence-corrected chi connectivity index (χ1v) is 6.69. The zero-order chi connectivity index (χ0) is 13.2. The number of aryl methyl sites for hydroxylation is 2. The van der Waals surface area contributed by atoms with E-state index in [0.717, 1.165) is 12.1 Å². The minimum Gasteiger partial charge on any atom is -0.265 e. The number of nitro groups is 1. The molecule has 0 aliphatic heterocycles. The van der Waals surface area contributed by atoms with Crippen molar-refractivity contribution in [3.8, 4) is 0 Å². The summed E-state index contributed by atoms with van der Waals surface area (Å²) in [6.07, 6.45) is 1.42. The van der Waals surface area contributed by atoms with Gasteiger partial charge in [0.15, 0.2) is 0 Å².